The summed E-state index contributed by atoms with van der Waals surface area (Å²) < 4.78 is 1.66. The van der Waals surface area contributed by atoms with E-state index in [9.17, 15) is 9.90 Å². The van der Waals surface area contributed by atoms with Crippen LogP contribution < -0.4 is 10.2 Å². The number of H-pyrrole nitrogens is 1. The molecule has 1 amide bonds. The highest BCUT2D eigenvalue weighted by Crippen LogP contribution is 2.36. The van der Waals surface area contributed by atoms with Crippen molar-refractivity contribution < 1.29 is 9.90 Å². The molecule has 168 valence electrons. The smallest absolute Gasteiger partial charge is 0.278 e. The predicted molar refractivity (Wildman–Crippen MR) is 128 cm³/mol. The van der Waals surface area contributed by atoms with Gasteiger partial charge in [-0.05, 0) is 41.5 Å². The molecule has 5 aromatic rings. The van der Waals surface area contributed by atoms with Crippen LogP contribution in [0.1, 0.15) is 21.6 Å². The topological polar surface area (TPSA) is 111 Å². The first-order valence-electron chi connectivity index (χ1n) is 10.6. The van der Waals surface area contributed by atoms with Crippen molar-refractivity contribution in [2.24, 2.45) is 0 Å². The molecular weight excluding hydrogens is 454 g/mol. The van der Waals surface area contributed by atoms with Crippen LogP contribution in [0, 0.1) is 0 Å². The molecule has 3 aromatic heterocycles. The summed E-state index contributed by atoms with van der Waals surface area (Å²) in [5.74, 6) is -0.345. The van der Waals surface area contributed by atoms with Crippen molar-refractivity contribution in [2.45, 2.75) is 13.1 Å². The van der Waals surface area contributed by atoms with Gasteiger partial charge in [-0.1, -0.05) is 23.7 Å². The zero-order valence-electron chi connectivity index (χ0n) is 17.7. The predicted octanol–water partition coefficient (Wildman–Crippen LogP) is 4.25. The number of aromatic nitrogens is 5. The lowest BCUT2D eigenvalue weighted by molar-refractivity contribution is 0.102. The van der Waals surface area contributed by atoms with E-state index in [1.165, 1.54) is 6.07 Å². The van der Waals surface area contributed by atoms with Crippen LogP contribution in [0.3, 0.4) is 0 Å². The summed E-state index contributed by atoms with van der Waals surface area (Å²) >= 11 is 6.21. The van der Waals surface area contributed by atoms with Crippen LogP contribution in [0.2, 0.25) is 5.02 Å². The average Bonchev–Trinajstić information content (AvgIpc) is 3.56. The van der Waals surface area contributed by atoms with Crippen molar-refractivity contribution in [3.63, 3.8) is 0 Å². The van der Waals surface area contributed by atoms with Crippen LogP contribution in [0.25, 0.3) is 16.9 Å². The zero-order chi connectivity index (χ0) is 23.2. The quantitative estimate of drug-likeness (QED) is 0.361. The van der Waals surface area contributed by atoms with Crippen molar-refractivity contribution in [3.8, 4) is 17.0 Å². The van der Waals surface area contributed by atoms with Gasteiger partial charge < -0.3 is 15.3 Å². The lowest BCUT2D eigenvalue weighted by Gasteiger charge is -2.17. The molecule has 6 rings (SSSR count). The first kappa shape index (κ1) is 20.3. The second kappa shape index (κ2) is 7.89. The first-order valence-corrected chi connectivity index (χ1v) is 10.9. The Morgan fingerprint density at radius 3 is 2.82 bits per heavy atom. The fraction of sp³-hybridized carbons (Fsp3) is 0.0833. The van der Waals surface area contributed by atoms with Gasteiger partial charge in [0.15, 0.2) is 11.3 Å². The van der Waals surface area contributed by atoms with E-state index in [4.69, 9.17) is 11.6 Å². The van der Waals surface area contributed by atoms with Gasteiger partial charge in [-0.25, -0.2) is 9.50 Å². The van der Waals surface area contributed by atoms with Crippen molar-refractivity contribution in [1.29, 1.82) is 0 Å². The van der Waals surface area contributed by atoms with E-state index in [2.05, 4.69) is 30.5 Å². The van der Waals surface area contributed by atoms with Gasteiger partial charge in [0.25, 0.3) is 5.91 Å². The Balaban J connectivity index is 1.49. The Bertz CT molecular complexity index is 1540. The minimum atomic E-state index is -0.404. The third-order valence-corrected chi connectivity index (χ3v) is 6.05. The number of anilines is 2. The molecule has 4 heterocycles. The molecule has 0 aliphatic carbocycles. The maximum absolute atomic E-state index is 13.4. The SMILES string of the molecule is O=C(Nc1cccc(O)c1)c1nn2c(-c3cn[nH]c3)ccnc2c1N1Cc2ccc(Cl)cc2C1. The van der Waals surface area contributed by atoms with Crippen LogP contribution in [0.5, 0.6) is 5.75 Å². The normalized spacial score (nSPS) is 12.8. The molecular formula is C24H18ClN7O2. The van der Waals surface area contributed by atoms with Gasteiger partial charge in [-0.3, -0.25) is 9.89 Å². The highest BCUT2D eigenvalue weighted by Gasteiger charge is 2.30. The van der Waals surface area contributed by atoms with Gasteiger partial charge in [-0.2, -0.15) is 10.2 Å². The Labute approximate surface area is 198 Å². The number of aromatic amines is 1. The molecule has 34 heavy (non-hydrogen) atoms. The third-order valence-electron chi connectivity index (χ3n) is 5.81. The van der Waals surface area contributed by atoms with Gasteiger partial charge in [0.05, 0.1) is 11.9 Å². The van der Waals surface area contributed by atoms with Gasteiger partial charge in [-0.15, -0.1) is 0 Å². The number of hydrogen-bond donors (Lipinski definition) is 3. The fourth-order valence-electron chi connectivity index (χ4n) is 4.28. The van der Waals surface area contributed by atoms with E-state index in [0.29, 0.717) is 35.1 Å². The van der Waals surface area contributed by atoms with Gasteiger partial charge >= 0.3 is 0 Å². The molecule has 10 heteroatoms. The van der Waals surface area contributed by atoms with Crippen LogP contribution in [0.4, 0.5) is 11.4 Å². The van der Waals surface area contributed by atoms with E-state index in [-0.39, 0.29) is 11.4 Å². The Morgan fingerprint density at radius 2 is 2.00 bits per heavy atom. The molecule has 0 radical (unpaired) electrons. The van der Waals surface area contributed by atoms with Crippen LogP contribution >= 0.6 is 11.6 Å². The van der Waals surface area contributed by atoms with Crippen LogP contribution in [-0.4, -0.2) is 35.8 Å². The molecule has 1 aliphatic rings. The van der Waals surface area contributed by atoms with Crippen molar-refractivity contribution >= 4 is 34.5 Å². The van der Waals surface area contributed by atoms with Gasteiger partial charge in [0.2, 0.25) is 0 Å². The molecule has 0 saturated carbocycles. The molecule has 0 unspecified atom stereocenters. The van der Waals surface area contributed by atoms with Gasteiger partial charge in [0, 0.05) is 47.8 Å². The number of phenols is 1. The molecule has 0 bridgehead atoms. The highest BCUT2D eigenvalue weighted by molar-refractivity contribution is 6.30. The molecule has 2 aromatic carbocycles. The Hall–Kier alpha value is -4.37. The number of fused-ring (bicyclic) bond motifs is 2. The summed E-state index contributed by atoms with van der Waals surface area (Å²) in [6.45, 7) is 1.17. The number of nitrogens with one attached hydrogen (secondary N) is 2. The average molecular weight is 472 g/mol. The molecule has 0 saturated heterocycles. The molecule has 0 fully saturated rings. The number of amides is 1. The van der Waals surface area contributed by atoms with Gasteiger partial charge in [0.1, 0.15) is 11.4 Å². The Kier molecular flexibility index (Phi) is 4.70. The monoisotopic (exact) mass is 471 g/mol. The van der Waals surface area contributed by atoms with E-state index in [1.54, 1.807) is 41.3 Å². The van der Waals surface area contributed by atoms with E-state index in [1.807, 2.05) is 24.3 Å². The molecule has 1 aliphatic heterocycles. The number of aromatic hydroxyl groups is 1. The summed E-state index contributed by atoms with van der Waals surface area (Å²) in [7, 11) is 0. The summed E-state index contributed by atoms with van der Waals surface area (Å²) in [5, 5.41) is 24.8. The number of rotatable bonds is 4. The number of nitrogens with zero attached hydrogens (tertiary/aromatic N) is 5. The molecule has 0 spiro atoms. The summed E-state index contributed by atoms with van der Waals surface area (Å²) in [6.07, 6.45) is 5.15. The standard InChI is InChI=1S/C24H18ClN7O2/c25-17-5-4-14-12-31(13-15(14)8-17)22-21(24(34)29-18-2-1-3-19(33)9-18)30-32-20(6-7-26-23(22)32)16-10-27-28-11-16/h1-11,33H,12-13H2,(H,27,28)(H,29,34). The molecule has 0 atom stereocenters. The minimum Gasteiger partial charge on any atom is -0.508 e. The number of phenolic OH excluding ortho intramolecular Hbond substituents is 1. The first-order chi connectivity index (χ1) is 16.6. The number of benzene rings is 2. The molecule has 9 nitrogen and oxygen atoms in total. The van der Waals surface area contributed by atoms with E-state index in [0.717, 1.165) is 22.4 Å². The van der Waals surface area contributed by atoms with Crippen LogP contribution in [0.15, 0.2) is 67.1 Å². The Morgan fingerprint density at radius 1 is 1.12 bits per heavy atom. The highest BCUT2D eigenvalue weighted by atomic mass is 35.5. The van der Waals surface area contributed by atoms with Crippen molar-refractivity contribution in [3.05, 3.63) is 89.0 Å². The number of halogens is 1. The third kappa shape index (κ3) is 3.43. The van der Waals surface area contributed by atoms with E-state index < -0.39 is 5.91 Å². The maximum atomic E-state index is 13.4. The summed E-state index contributed by atoms with van der Waals surface area (Å²) in [4.78, 5) is 20.1. The second-order valence-electron chi connectivity index (χ2n) is 8.02. The zero-order valence-corrected chi connectivity index (χ0v) is 18.5. The van der Waals surface area contributed by atoms with Crippen molar-refractivity contribution in [2.75, 3.05) is 10.2 Å². The minimum absolute atomic E-state index is 0.0591. The van der Waals surface area contributed by atoms with Crippen molar-refractivity contribution in [1.82, 2.24) is 24.8 Å². The fourth-order valence-corrected chi connectivity index (χ4v) is 4.48. The number of hydrogen-bond acceptors (Lipinski definition) is 6. The van der Waals surface area contributed by atoms with E-state index >= 15 is 0 Å². The lowest BCUT2D eigenvalue weighted by atomic mass is 10.1. The largest absolute Gasteiger partial charge is 0.508 e. The maximum Gasteiger partial charge on any atom is 0.278 e. The molecule has 3 N–H and O–H groups in total. The second-order valence-corrected chi connectivity index (χ2v) is 8.46. The lowest BCUT2D eigenvalue weighted by Crippen LogP contribution is -2.20. The summed E-state index contributed by atoms with van der Waals surface area (Å²) in [6, 6.07) is 14.0. The number of carbonyl (C=O) groups excluding carboxylic acids is 1. The van der Waals surface area contributed by atoms with Crippen LogP contribution in [-0.2, 0) is 13.1 Å². The summed E-state index contributed by atoms with van der Waals surface area (Å²) in [5.41, 5.74) is 5.66. The number of carbonyl (C=O) groups is 1.